The minimum Gasteiger partial charge on any atom is -0.361 e. The van der Waals surface area contributed by atoms with Gasteiger partial charge in [0.1, 0.15) is 11.6 Å². The molecule has 0 fully saturated rings. The summed E-state index contributed by atoms with van der Waals surface area (Å²) in [4.78, 5) is 12.0. The highest BCUT2D eigenvalue weighted by atomic mass is 32.2. The van der Waals surface area contributed by atoms with E-state index < -0.39 is 0 Å². The fraction of sp³-hybridized carbons (Fsp3) is 0.364. The van der Waals surface area contributed by atoms with Crippen molar-refractivity contribution in [3.63, 3.8) is 0 Å². The summed E-state index contributed by atoms with van der Waals surface area (Å²) in [6.07, 6.45) is 0. The molecule has 0 spiro atoms. The number of aryl methyl sites for hydroxylation is 2. The predicted molar refractivity (Wildman–Crippen MR) is 67.4 cm³/mol. The van der Waals surface area contributed by atoms with Gasteiger partial charge in [-0.3, -0.25) is 9.48 Å². The Bertz CT molecular complexity index is 617. The lowest BCUT2D eigenvalue weighted by Crippen LogP contribution is -2.15. The van der Waals surface area contributed by atoms with E-state index >= 15 is 0 Å². The number of fused-ring (bicyclic) bond motifs is 1. The van der Waals surface area contributed by atoms with E-state index in [0.29, 0.717) is 5.76 Å². The predicted octanol–water partition coefficient (Wildman–Crippen LogP) is 1.72. The van der Waals surface area contributed by atoms with Crippen LogP contribution in [0.25, 0.3) is 0 Å². The number of carbonyl (C=O) groups is 1. The van der Waals surface area contributed by atoms with Gasteiger partial charge >= 0.3 is 0 Å². The van der Waals surface area contributed by atoms with E-state index in [-0.39, 0.29) is 11.6 Å². The minimum atomic E-state index is -0.269. The van der Waals surface area contributed by atoms with Gasteiger partial charge in [-0.1, -0.05) is 5.16 Å². The topological polar surface area (TPSA) is 73.0 Å². The SMILES string of the molecule is Cc1cc(C(=O)Nc2c3c(nn2C)CSC3)no1. The van der Waals surface area contributed by atoms with Gasteiger partial charge < -0.3 is 9.84 Å². The summed E-state index contributed by atoms with van der Waals surface area (Å²) in [5.41, 5.74) is 2.44. The van der Waals surface area contributed by atoms with Crippen LogP contribution in [0.3, 0.4) is 0 Å². The molecule has 1 N–H and O–H groups in total. The molecule has 7 heteroatoms. The van der Waals surface area contributed by atoms with Crippen molar-refractivity contribution in [2.24, 2.45) is 7.05 Å². The molecule has 18 heavy (non-hydrogen) atoms. The Kier molecular flexibility index (Phi) is 2.62. The van der Waals surface area contributed by atoms with E-state index in [1.165, 1.54) is 0 Å². The number of amides is 1. The Morgan fingerprint density at radius 2 is 2.39 bits per heavy atom. The van der Waals surface area contributed by atoms with Crippen molar-refractivity contribution in [2.75, 3.05) is 5.32 Å². The summed E-state index contributed by atoms with van der Waals surface area (Å²) in [5.74, 6) is 2.89. The molecule has 0 aliphatic carbocycles. The molecular formula is C11H12N4O2S. The molecule has 0 radical (unpaired) electrons. The summed E-state index contributed by atoms with van der Waals surface area (Å²) < 4.78 is 6.59. The molecule has 0 saturated carbocycles. The highest BCUT2D eigenvalue weighted by molar-refractivity contribution is 7.98. The zero-order valence-electron chi connectivity index (χ0n) is 10.1. The number of rotatable bonds is 2. The summed E-state index contributed by atoms with van der Waals surface area (Å²) in [7, 11) is 1.83. The molecule has 3 rings (SSSR count). The van der Waals surface area contributed by atoms with Crippen molar-refractivity contribution in [2.45, 2.75) is 18.4 Å². The number of anilines is 1. The molecule has 1 aliphatic heterocycles. The molecule has 0 bridgehead atoms. The van der Waals surface area contributed by atoms with Gasteiger partial charge in [0.25, 0.3) is 5.91 Å². The largest absolute Gasteiger partial charge is 0.361 e. The van der Waals surface area contributed by atoms with E-state index in [9.17, 15) is 4.79 Å². The van der Waals surface area contributed by atoms with Gasteiger partial charge in [-0.05, 0) is 6.92 Å². The molecule has 0 atom stereocenters. The second-order valence-corrected chi connectivity index (χ2v) is 5.15. The molecule has 6 nitrogen and oxygen atoms in total. The van der Waals surface area contributed by atoms with Crippen LogP contribution in [-0.2, 0) is 18.6 Å². The minimum absolute atomic E-state index is 0.269. The van der Waals surface area contributed by atoms with Crippen LogP contribution in [0.5, 0.6) is 0 Å². The number of hydrogen-bond donors (Lipinski definition) is 1. The fourth-order valence-corrected chi connectivity index (χ4v) is 2.98. The molecule has 0 unspecified atom stereocenters. The van der Waals surface area contributed by atoms with Gasteiger partial charge in [0.2, 0.25) is 0 Å². The molecule has 3 heterocycles. The fourth-order valence-electron chi connectivity index (χ4n) is 1.94. The van der Waals surface area contributed by atoms with Crippen LogP contribution in [0.2, 0.25) is 0 Å². The van der Waals surface area contributed by atoms with Crippen molar-refractivity contribution in [3.8, 4) is 0 Å². The first kappa shape index (κ1) is 11.3. The van der Waals surface area contributed by atoms with Crippen LogP contribution in [0.1, 0.15) is 27.5 Å². The summed E-state index contributed by atoms with van der Waals surface area (Å²) >= 11 is 1.80. The van der Waals surface area contributed by atoms with Crippen LogP contribution >= 0.6 is 11.8 Å². The summed E-state index contributed by atoms with van der Waals surface area (Å²) in [5, 5.41) is 10.9. The summed E-state index contributed by atoms with van der Waals surface area (Å²) in [6, 6.07) is 1.61. The third-order valence-electron chi connectivity index (χ3n) is 2.81. The van der Waals surface area contributed by atoms with E-state index in [2.05, 4.69) is 15.6 Å². The smallest absolute Gasteiger partial charge is 0.279 e. The van der Waals surface area contributed by atoms with Crippen LogP contribution in [-0.4, -0.2) is 20.8 Å². The molecule has 2 aromatic heterocycles. The highest BCUT2D eigenvalue weighted by Crippen LogP contribution is 2.34. The Hall–Kier alpha value is -1.76. The lowest BCUT2D eigenvalue weighted by atomic mass is 10.2. The Morgan fingerprint density at radius 3 is 3.11 bits per heavy atom. The number of carbonyl (C=O) groups excluding carboxylic acids is 1. The maximum Gasteiger partial charge on any atom is 0.279 e. The van der Waals surface area contributed by atoms with E-state index in [0.717, 1.165) is 28.6 Å². The van der Waals surface area contributed by atoms with Crippen LogP contribution in [0.15, 0.2) is 10.6 Å². The molecule has 94 valence electrons. The zero-order valence-corrected chi connectivity index (χ0v) is 10.9. The van der Waals surface area contributed by atoms with Gasteiger partial charge in [-0.2, -0.15) is 16.9 Å². The van der Waals surface area contributed by atoms with Crippen LogP contribution < -0.4 is 5.32 Å². The van der Waals surface area contributed by atoms with Gasteiger partial charge in [0.05, 0.1) is 5.69 Å². The number of hydrogen-bond acceptors (Lipinski definition) is 5. The quantitative estimate of drug-likeness (QED) is 0.894. The third-order valence-corrected chi connectivity index (χ3v) is 3.78. The van der Waals surface area contributed by atoms with Crippen molar-refractivity contribution in [1.29, 1.82) is 0 Å². The monoisotopic (exact) mass is 264 g/mol. The molecule has 1 aliphatic rings. The standard InChI is InChI=1S/C11H12N4O2S/c1-6-3-8(14-17-6)11(16)12-10-7-4-18-5-9(7)13-15(10)2/h3H,4-5H2,1-2H3,(H,12,16). The van der Waals surface area contributed by atoms with Gasteiger partial charge in [-0.15, -0.1) is 0 Å². The Balaban J connectivity index is 1.87. The van der Waals surface area contributed by atoms with E-state index in [1.807, 2.05) is 7.05 Å². The Labute approximate surface area is 108 Å². The average Bonchev–Trinajstić information content (AvgIpc) is 2.99. The number of thioether (sulfide) groups is 1. The second kappa shape index (κ2) is 4.16. The maximum atomic E-state index is 12.0. The summed E-state index contributed by atoms with van der Waals surface area (Å²) in [6.45, 7) is 1.75. The molecular weight excluding hydrogens is 252 g/mol. The third kappa shape index (κ3) is 1.80. The van der Waals surface area contributed by atoms with Crippen LogP contribution in [0, 0.1) is 6.92 Å². The Morgan fingerprint density at radius 1 is 1.56 bits per heavy atom. The highest BCUT2D eigenvalue weighted by Gasteiger charge is 2.23. The number of nitrogens with zero attached hydrogens (tertiary/aromatic N) is 3. The van der Waals surface area contributed by atoms with Crippen molar-refractivity contribution >= 4 is 23.5 Å². The van der Waals surface area contributed by atoms with Crippen molar-refractivity contribution < 1.29 is 9.32 Å². The lowest BCUT2D eigenvalue weighted by molar-refractivity contribution is 0.101. The number of aromatic nitrogens is 3. The van der Waals surface area contributed by atoms with Gasteiger partial charge in [0, 0.05) is 30.2 Å². The molecule has 0 aromatic carbocycles. The number of nitrogens with one attached hydrogen (secondary N) is 1. The van der Waals surface area contributed by atoms with Gasteiger partial charge in [0.15, 0.2) is 5.69 Å². The first-order valence-corrected chi connectivity index (χ1v) is 6.68. The normalized spacial score (nSPS) is 13.7. The first-order valence-electron chi connectivity index (χ1n) is 5.52. The van der Waals surface area contributed by atoms with Crippen LogP contribution in [0.4, 0.5) is 5.82 Å². The molecule has 1 amide bonds. The second-order valence-electron chi connectivity index (χ2n) is 4.17. The molecule has 2 aromatic rings. The maximum absolute atomic E-state index is 12.0. The van der Waals surface area contributed by atoms with Crippen molar-refractivity contribution in [1.82, 2.24) is 14.9 Å². The lowest BCUT2D eigenvalue weighted by Gasteiger charge is -2.05. The zero-order chi connectivity index (χ0) is 12.7. The van der Waals surface area contributed by atoms with Gasteiger partial charge in [-0.25, -0.2) is 0 Å². The molecule has 0 saturated heterocycles. The first-order chi connectivity index (χ1) is 8.65. The average molecular weight is 264 g/mol. The van der Waals surface area contributed by atoms with Crippen molar-refractivity contribution in [3.05, 3.63) is 28.8 Å². The van der Waals surface area contributed by atoms with E-state index in [1.54, 1.807) is 29.4 Å². The van der Waals surface area contributed by atoms with E-state index in [4.69, 9.17) is 4.52 Å².